The van der Waals surface area contributed by atoms with E-state index in [1.165, 1.54) is 0 Å². The lowest BCUT2D eigenvalue weighted by Crippen LogP contribution is -2.36. The van der Waals surface area contributed by atoms with E-state index >= 15 is 0 Å². The zero-order valence-electron chi connectivity index (χ0n) is 7.62. The number of carbonyl (C=O) groups excluding carboxylic acids is 1. The van der Waals surface area contributed by atoms with E-state index in [-0.39, 0.29) is 5.92 Å². The Morgan fingerprint density at radius 1 is 1.67 bits per heavy atom. The van der Waals surface area contributed by atoms with Crippen LogP contribution < -0.4 is 0 Å². The molecule has 0 aromatic carbocycles. The fourth-order valence-corrected chi connectivity index (χ4v) is 1.61. The van der Waals surface area contributed by atoms with Crippen molar-refractivity contribution < 1.29 is 14.6 Å². The van der Waals surface area contributed by atoms with Crippen LogP contribution in [0.1, 0.15) is 20.3 Å². The van der Waals surface area contributed by atoms with Gasteiger partial charge in [-0.1, -0.05) is 13.8 Å². The third-order valence-electron chi connectivity index (χ3n) is 2.93. The van der Waals surface area contributed by atoms with Crippen molar-refractivity contribution in [1.29, 1.82) is 0 Å². The van der Waals surface area contributed by atoms with Crippen LogP contribution in [0.3, 0.4) is 0 Å². The zero-order valence-corrected chi connectivity index (χ0v) is 7.62. The van der Waals surface area contributed by atoms with Crippen molar-refractivity contribution >= 4 is 6.29 Å². The maximum atomic E-state index is 10.8. The Labute approximate surface area is 72.7 Å². The topological polar surface area (TPSA) is 46.5 Å². The quantitative estimate of drug-likeness (QED) is 0.634. The Bertz CT molecular complexity index is 169. The molecule has 0 aromatic rings. The summed E-state index contributed by atoms with van der Waals surface area (Å²) in [5.41, 5.74) is -0.421. The van der Waals surface area contributed by atoms with E-state index in [1.54, 1.807) is 0 Å². The third kappa shape index (κ3) is 1.52. The van der Waals surface area contributed by atoms with E-state index in [9.17, 15) is 9.90 Å². The zero-order chi connectivity index (χ0) is 9.19. The molecule has 1 aliphatic heterocycles. The van der Waals surface area contributed by atoms with Gasteiger partial charge in [0.15, 0.2) is 0 Å². The van der Waals surface area contributed by atoms with Crippen LogP contribution in [0.4, 0.5) is 0 Å². The van der Waals surface area contributed by atoms with E-state index < -0.39 is 11.5 Å². The number of rotatable bonds is 3. The van der Waals surface area contributed by atoms with Crippen LogP contribution >= 0.6 is 0 Å². The van der Waals surface area contributed by atoms with E-state index in [0.717, 1.165) is 12.7 Å². The molecule has 3 unspecified atom stereocenters. The van der Waals surface area contributed by atoms with Gasteiger partial charge < -0.3 is 14.6 Å². The van der Waals surface area contributed by atoms with Gasteiger partial charge in [0, 0.05) is 11.3 Å². The average molecular weight is 172 g/mol. The van der Waals surface area contributed by atoms with Crippen LogP contribution in [0.5, 0.6) is 0 Å². The average Bonchev–Trinajstić information content (AvgIpc) is 2.51. The molecule has 12 heavy (non-hydrogen) atoms. The number of aliphatic hydroxyl groups excluding tert-OH is 1. The number of carbonyl (C=O) groups is 1. The highest BCUT2D eigenvalue weighted by atomic mass is 16.5. The highest BCUT2D eigenvalue weighted by Crippen LogP contribution is 2.34. The Balaban J connectivity index is 2.71. The Morgan fingerprint density at radius 3 is 2.67 bits per heavy atom. The molecule has 0 bridgehead atoms. The van der Waals surface area contributed by atoms with Crippen LogP contribution in [0.2, 0.25) is 0 Å². The second-order valence-corrected chi connectivity index (χ2v) is 3.69. The molecule has 70 valence electrons. The number of hydrogen-bond acceptors (Lipinski definition) is 3. The molecule has 1 aliphatic rings. The summed E-state index contributed by atoms with van der Waals surface area (Å²) >= 11 is 0. The highest BCUT2D eigenvalue weighted by molar-refractivity contribution is 5.59. The van der Waals surface area contributed by atoms with Gasteiger partial charge in [-0.25, -0.2) is 0 Å². The molecule has 0 amide bonds. The molecule has 1 rings (SSSR count). The molecule has 1 saturated heterocycles. The van der Waals surface area contributed by atoms with Crippen LogP contribution in [-0.4, -0.2) is 30.7 Å². The molecule has 0 saturated carbocycles. The SMILES string of the molecule is CCC(C)(C=O)C1COCC1O. The van der Waals surface area contributed by atoms with Crippen LogP contribution in [0.25, 0.3) is 0 Å². The minimum atomic E-state index is -0.472. The lowest BCUT2D eigenvalue weighted by Gasteiger charge is -2.29. The first kappa shape index (κ1) is 9.68. The number of aliphatic hydroxyl groups is 1. The molecule has 1 fully saturated rings. The lowest BCUT2D eigenvalue weighted by molar-refractivity contribution is -0.120. The first-order valence-electron chi connectivity index (χ1n) is 4.36. The summed E-state index contributed by atoms with van der Waals surface area (Å²) in [4.78, 5) is 10.8. The molecule has 0 aromatic heterocycles. The number of ether oxygens (including phenoxy) is 1. The van der Waals surface area contributed by atoms with Crippen LogP contribution in [0.15, 0.2) is 0 Å². The molecule has 3 atom stereocenters. The lowest BCUT2D eigenvalue weighted by atomic mass is 9.75. The summed E-state index contributed by atoms with van der Waals surface area (Å²) in [6.45, 7) is 4.71. The van der Waals surface area contributed by atoms with Crippen LogP contribution in [0, 0.1) is 11.3 Å². The summed E-state index contributed by atoms with van der Waals surface area (Å²) in [5, 5.41) is 9.50. The van der Waals surface area contributed by atoms with Gasteiger partial charge in [0.25, 0.3) is 0 Å². The van der Waals surface area contributed by atoms with Crippen molar-refractivity contribution in [2.75, 3.05) is 13.2 Å². The van der Waals surface area contributed by atoms with Gasteiger partial charge in [0.2, 0.25) is 0 Å². The molecule has 1 heterocycles. The van der Waals surface area contributed by atoms with Gasteiger partial charge in [0.1, 0.15) is 6.29 Å². The first-order valence-corrected chi connectivity index (χ1v) is 4.36. The Morgan fingerprint density at radius 2 is 2.33 bits per heavy atom. The van der Waals surface area contributed by atoms with Gasteiger partial charge in [-0.05, 0) is 6.42 Å². The van der Waals surface area contributed by atoms with E-state index in [1.807, 2.05) is 13.8 Å². The number of hydrogen-bond donors (Lipinski definition) is 1. The second kappa shape index (κ2) is 3.54. The van der Waals surface area contributed by atoms with Crippen molar-refractivity contribution in [3.05, 3.63) is 0 Å². The molecular weight excluding hydrogens is 156 g/mol. The predicted octanol–water partition coefficient (Wildman–Crippen LogP) is 0.609. The van der Waals surface area contributed by atoms with Gasteiger partial charge in [0.05, 0.1) is 19.3 Å². The van der Waals surface area contributed by atoms with E-state index in [0.29, 0.717) is 13.2 Å². The van der Waals surface area contributed by atoms with Crippen molar-refractivity contribution in [2.45, 2.75) is 26.4 Å². The predicted molar refractivity (Wildman–Crippen MR) is 44.8 cm³/mol. The van der Waals surface area contributed by atoms with Gasteiger partial charge >= 0.3 is 0 Å². The molecule has 0 spiro atoms. The molecule has 3 heteroatoms. The molecule has 0 radical (unpaired) electrons. The fraction of sp³-hybridized carbons (Fsp3) is 0.889. The second-order valence-electron chi connectivity index (χ2n) is 3.69. The van der Waals surface area contributed by atoms with Gasteiger partial charge in [-0.3, -0.25) is 0 Å². The summed E-state index contributed by atoms with van der Waals surface area (Å²) in [7, 11) is 0. The van der Waals surface area contributed by atoms with Gasteiger partial charge in [-0.15, -0.1) is 0 Å². The highest BCUT2D eigenvalue weighted by Gasteiger charge is 2.40. The maximum Gasteiger partial charge on any atom is 0.126 e. The maximum absolute atomic E-state index is 10.8. The van der Waals surface area contributed by atoms with Crippen molar-refractivity contribution in [3.63, 3.8) is 0 Å². The fourth-order valence-electron chi connectivity index (χ4n) is 1.61. The van der Waals surface area contributed by atoms with Crippen molar-refractivity contribution in [3.8, 4) is 0 Å². The molecule has 1 N–H and O–H groups in total. The minimum absolute atomic E-state index is 0.0278. The minimum Gasteiger partial charge on any atom is -0.390 e. The van der Waals surface area contributed by atoms with Crippen molar-refractivity contribution in [1.82, 2.24) is 0 Å². The number of aldehydes is 1. The summed E-state index contributed by atoms with van der Waals surface area (Å²) < 4.78 is 5.11. The largest absolute Gasteiger partial charge is 0.390 e. The summed E-state index contributed by atoms with van der Waals surface area (Å²) in [6, 6.07) is 0. The normalized spacial score (nSPS) is 34.6. The monoisotopic (exact) mass is 172 g/mol. The standard InChI is InChI=1S/C9H16O3/c1-3-9(2,6-10)7-4-12-5-8(7)11/h6-8,11H,3-5H2,1-2H3. The molecule has 3 nitrogen and oxygen atoms in total. The van der Waals surface area contributed by atoms with E-state index in [4.69, 9.17) is 4.74 Å². The summed E-state index contributed by atoms with van der Waals surface area (Å²) in [5.74, 6) is -0.0278. The molecular formula is C9H16O3. The van der Waals surface area contributed by atoms with Crippen molar-refractivity contribution in [2.24, 2.45) is 11.3 Å². The van der Waals surface area contributed by atoms with E-state index in [2.05, 4.69) is 0 Å². The Hall–Kier alpha value is -0.410. The summed E-state index contributed by atoms with van der Waals surface area (Å²) in [6.07, 6.45) is 1.22. The molecule has 0 aliphatic carbocycles. The van der Waals surface area contributed by atoms with Gasteiger partial charge in [-0.2, -0.15) is 0 Å². The Kier molecular flexibility index (Phi) is 2.85. The third-order valence-corrected chi connectivity index (χ3v) is 2.93. The first-order chi connectivity index (χ1) is 5.64. The smallest absolute Gasteiger partial charge is 0.126 e. The van der Waals surface area contributed by atoms with Crippen LogP contribution in [-0.2, 0) is 9.53 Å².